The number of aryl methyl sites for hydroxylation is 2. The molecule has 0 aliphatic carbocycles. The molecule has 0 amide bonds. The molecule has 1 N–H and O–H groups in total. The zero-order valence-electron chi connectivity index (χ0n) is 23.9. The first-order valence-electron chi connectivity index (χ1n) is 13.3. The van der Waals surface area contributed by atoms with E-state index < -0.39 is 5.79 Å². The smallest absolute Gasteiger partial charge is 0.166 e. The van der Waals surface area contributed by atoms with Gasteiger partial charge in [0, 0.05) is 11.8 Å². The van der Waals surface area contributed by atoms with E-state index in [9.17, 15) is 0 Å². The first kappa shape index (κ1) is 30.1. The van der Waals surface area contributed by atoms with Gasteiger partial charge in [0.2, 0.25) is 0 Å². The van der Waals surface area contributed by atoms with Crippen molar-refractivity contribution in [1.82, 2.24) is 19.5 Å². The van der Waals surface area contributed by atoms with Crippen LogP contribution in [0, 0.1) is 13.8 Å². The van der Waals surface area contributed by atoms with Crippen molar-refractivity contribution < 1.29 is 9.47 Å². The number of imidazole rings is 1. The Bertz CT molecular complexity index is 1100. The topological polar surface area (TPSA) is 74.1 Å². The van der Waals surface area contributed by atoms with Gasteiger partial charge < -0.3 is 14.8 Å². The molecule has 2 saturated heterocycles. The van der Waals surface area contributed by atoms with Crippen LogP contribution in [0.25, 0.3) is 11.2 Å². The van der Waals surface area contributed by atoms with Crippen LogP contribution < -0.4 is 5.32 Å². The second-order valence-corrected chi connectivity index (χ2v) is 10.1. The van der Waals surface area contributed by atoms with Crippen molar-refractivity contribution in [2.24, 2.45) is 0 Å². The number of thioether (sulfide) groups is 1. The van der Waals surface area contributed by atoms with E-state index >= 15 is 0 Å². The highest BCUT2D eigenvalue weighted by molar-refractivity contribution is 8.00. The van der Waals surface area contributed by atoms with Crippen LogP contribution in [-0.2, 0) is 16.0 Å². The third-order valence-corrected chi connectivity index (χ3v) is 7.08. The van der Waals surface area contributed by atoms with Crippen LogP contribution >= 0.6 is 11.8 Å². The van der Waals surface area contributed by atoms with E-state index in [0.717, 1.165) is 17.0 Å². The number of hydrogen-bond donors (Lipinski definition) is 1. The minimum atomic E-state index is -0.565. The fraction of sp³-hybridized carbons (Fsp3) is 0.607. The lowest BCUT2D eigenvalue weighted by Crippen LogP contribution is -2.27. The van der Waals surface area contributed by atoms with Gasteiger partial charge in [0.15, 0.2) is 17.3 Å². The lowest BCUT2D eigenvalue weighted by atomic mass is 10.1. The number of nitrogens with one attached hydrogen (secondary N) is 1. The van der Waals surface area contributed by atoms with Crippen molar-refractivity contribution in [3.63, 3.8) is 0 Å². The van der Waals surface area contributed by atoms with Gasteiger partial charge in [0.1, 0.15) is 28.9 Å². The zero-order chi connectivity index (χ0) is 27.0. The van der Waals surface area contributed by atoms with Gasteiger partial charge in [-0.15, -0.1) is 11.8 Å². The van der Waals surface area contributed by atoms with E-state index in [0.29, 0.717) is 17.6 Å². The summed E-state index contributed by atoms with van der Waals surface area (Å²) in [6.07, 6.45) is 1.89. The van der Waals surface area contributed by atoms with Crippen LogP contribution in [-0.4, -0.2) is 42.8 Å². The zero-order valence-corrected chi connectivity index (χ0v) is 24.7. The monoisotopic (exact) mass is 515 g/mol. The van der Waals surface area contributed by atoms with E-state index in [1.165, 1.54) is 11.1 Å². The third kappa shape index (κ3) is 6.58. The molecule has 2 aliphatic rings. The number of benzene rings is 1. The highest BCUT2D eigenvalue weighted by Crippen LogP contribution is 2.51. The molecule has 2 fully saturated rings. The van der Waals surface area contributed by atoms with Crippen molar-refractivity contribution >= 4 is 28.7 Å². The van der Waals surface area contributed by atoms with E-state index in [-0.39, 0.29) is 17.6 Å². The van der Waals surface area contributed by atoms with Crippen molar-refractivity contribution in [3.05, 3.63) is 47.5 Å². The average Bonchev–Trinajstić information content (AvgIpc) is 3.53. The van der Waals surface area contributed by atoms with Gasteiger partial charge in [-0.25, -0.2) is 15.0 Å². The summed E-state index contributed by atoms with van der Waals surface area (Å²) >= 11 is 1.85. The number of fused-ring (bicyclic) bond motifs is 2. The molecular formula is C28H45N5O2S. The van der Waals surface area contributed by atoms with Crippen LogP contribution in [0.4, 0.5) is 5.82 Å². The largest absolute Gasteiger partial charge is 0.364 e. The van der Waals surface area contributed by atoms with Gasteiger partial charge in [-0.05, 0) is 33.3 Å². The normalized spacial score (nSPS) is 23.4. The van der Waals surface area contributed by atoms with Gasteiger partial charge in [-0.3, -0.25) is 4.57 Å². The van der Waals surface area contributed by atoms with Crippen molar-refractivity contribution in [3.8, 4) is 0 Å². The Balaban J connectivity index is 0.000000710. The maximum Gasteiger partial charge on any atom is 0.166 e. The summed E-state index contributed by atoms with van der Waals surface area (Å²) in [4.78, 5) is 14.0. The van der Waals surface area contributed by atoms with E-state index in [4.69, 9.17) is 14.5 Å². The Morgan fingerprint density at radius 3 is 2.33 bits per heavy atom. The van der Waals surface area contributed by atoms with Crippen molar-refractivity contribution in [2.45, 2.75) is 111 Å². The average molecular weight is 516 g/mol. The molecule has 3 aromatic rings. The summed E-state index contributed by atoms with van der Waals surface area (Å²) < 4.78 is 14.5. The fourth-order valence-corrected chi connectivity index (χ4v) is 5.80. The summed E-state index contributed by atoms with van der Waals surface area (Å²) in [5.41, 5.74) is 4.06. The molecule has 200 valence electrons. The van der Waals surface area contributed by atoms with Gasteiger partial charge in [0.25, 0.3) is 0 Å². The molecule has 2 aromatic heterocycles. The molecule has 0 radical (unpaired) electrons. The predicted molar refractivity (Wildman–Crippen MR) is 153 cm³/mol. The summed E-state index contributed by atoms with van der Waals surface area (Å²) in [6, 6.07) is 8.45. The first-order chi connectivity index (χ1) is 17.3. The lowest BCUT2D eigenvalue weighted by molar-refractivity contribution is -0.148. The number of hydrogen-bond acceptors (Lipinski definition) is 7. The summed E-state index contributed by atoms with van der Waals surface area (Å²) in [6.45, 7) is 22.9. The van der Waals surface area contributed by atoms with E-state index in [1.807, 2.05) is 80.4 Å². The van der Waals surface area contributed by atoms with Crippen molar-refractivity contribution in [2.75, 3.05) is 5.32 Å². The Kier molecular flexibility index (Phi) is 11.2. The quantitative estimate of drug-likeness (QED) is 0.391. The Labute approximate surface area is 221 Å². The number of rotatable bonds is 4. The van der Waals surface area contributed by atoms with E-state index in [1.54, 1.807) is 0 Å². The van der Waals surface area contributed by atoms with Gasteiger partial charge in [0.05, 0.1) is 6.33 Å². The van der Waals surface area contributed by atoms with Crippen LogP contribution in [0.2, 0.25) is 0 Å². The molecule has 7 nitrogen and oxygen atoms in total. The molecule has 4 atom stereocenters. The Morgan fingerprint density at radius 1 is 1.00 bits per heavy atom. The van der Waals surface area contributed by atoms with Crippen LogP contribution in [0.1, 0.15) is 84.6 Å². The molecule has 4 unspecified atom stereocenters. The van der Waals surface area contributed by atoms with Gasteiger partial charge in [-0.2, -0.15) is 0 Å². The molecular weight excluding hydrogens is 470 g/mol. The molecule has 2 aliphatic heterocycles. The van der Waals surface area contributed by atoms with Gasteiger partial charge >= 0.3 is 0 Å². The predicted octanol–water partition coefficient (Wildman–Crippen LogP) is 7.29. The number of anilines is 1. The molecule has 1 aromatic carbocycles. The highest BCUT2D eigenvalue weighted by atomic mass is 32.2. The maximum absolute atomic E-state index is 6.25. The first-order valence-corrected chi connectivity index (χ1v) is 14.3. The summed E-state index contributed by atoms with van der Waals surface area (Å²) in [5.74, 6) is 0.909. The molecule has 4 heterocycles. The molecule has 5 rings (SSSR count). The minimum absolute atomic E-state index is 0.0311. The van der Waals surface area contributed by atoms with Crippen LogP contribution in [0.15, 0.2) is 30.6 Å². The molecule has 0 saturated carbocycles. The van der Waals surface area contributed by atoms with Gasteiger partial charge in [-0.1, -0.05) is 78.3 Å². The standard InChI is InChI=1S/C22H27N5O2S.3C2H6/c1-12-7-6-8-15(9-12)10-23-19-16-20(26-14(3)25-19)27(11-24-16)21-18-17(13(2)30-21)28-22(4,5)29-18;3*1-2/h6-9,11,13,17-18,21H,10H2,1-5H3,(H,23,25,26);3*1-2H3. The number of ether oxygens (including phenoxy) is 2. The molecule has 0 bridgehead atoms. The summed E-state index contributed by atoms with van der Waals surface area (Å²) in [7, 11) is 0. The van der Waals surface area contributed by atoms with Crippen LogP contribution in [0.3, 0.4) is 0 Å². The molecule has 36 heavy (non-hydrogen) atoms. The molecule has 0 spiro atoms. The summed E-state index contributed by atoms with van der Waals surface area (Å²) in [5, 5.41) is 3.85. The third-order valence-electron chi connectivity index (χ3n) is 5.61. The Hall–Kier alpha value is -2.16. The van der Waals surface area contributed by atoms with Crippen molar-refractivity contribution in [1.29, 1.82) is 0 Å². The number of aromatic nitrogens is 4. The highest BCUT2D eigenvalue weighted by Gasteiger charge is 2.54. The van der Waals surface area contributed by atoms with Crippen LogP contribution in [0.5, 0.6) is 0 Å². The lowest BCUT2D eigenvalue weighted by Gasteiger charge is -2.23. The number of nitrogens with zero attached hydrogens (tertiary/aromatic N) is 4. The second kappa shape index (κ2) is 13.4. The minimum Gasteiger partial charge on any atom is -0.364 e. The SMILES string of the molecule is CC.CC.CC.Cc1cccc(CNc2nc(C)nc3c2ncn3C2SC(C)C3OC(C)(C)OC32)c1. The fourth-order valence-electron chi connectivity index (χ4n) is 4.34. The van der Waals surface area contributed by atoms with E-state index in [2.05, 4.69) is 58.0 Å². The maximum atomic E-state index is 6.25. The molecule has 8 heteroatoms. The Morgan fingerprint density at radius 2 is 1.67 bits per heavy atom. The second-order valence-electron chi connectivity index (χ2n) is 8.58.